The number of thiazole rings is 1. The lowest BCUT2D eigenvalue weighted by molar-refractivity contribution is 0.0959. The fourth-order valence-corrected chi connectivity index (χ4v) is 2.78. The van der Waals surface area contributed by atoms with Gasteiger partial charge in [0.15, 0.2) is 5.13 Å². The molecular formula is C10H18N6OS. The third kappa shape index (κ3) is 2.71. The molecule has 0 spiro atoms. The minimum atomic E-state index is -0.217. The van der Waals surface area contributed by atoms with Crippen LogP contribution in [0.2, 0.25) is 0 Å². The van der Waals surface area contributed by atoms with Crippen LogP contribution in [0.3, 0.4) is 0 Å². The van der Waals surface area contributed by atoms with Crippen LogP contribution in [0.15, 0.2) is 0 Å². The molecule has 1 unspecified atom stereocenters. The molecule has 0 aliphatic carbocycles. The van der Waals surface area contributed by atoms with Gasteiger partial charge in [-0.15, -0.1) is 0 Å². The summed E-state index contributed by atoms with van der Waals surface area (Å²) in [6.45, 7) is 2.45. The zero-order chi connectivity index (χ0) is 13.1. The summed E-state index contributed by atoms with van der Waals surface area (Å²) in [5.41, 5.74) is 16.9. The number of rotatable bonds is 4. The van der Waals surface area contributed by atoms with Gasteiger partial charge in [0.25, 0.3) is 5.91 Å². The Bertz CT molecular complexity index is 434. The Morgan fingerprint density at radius 3 is 3.00 bits per heavy atom. The number of amides is 1. The number of nitrogens with one attached hydrogen (secondary N) is 1. The van der Waals surface area contributed by atoms with Crippen molar-refractivity contribution in [1.82, 2.24) is 10.3 Å². The van der Waals surface area contributed by atoms with Gasteiger partial charge in [-0.2, -0.15) is 0 Å². The molecule has 7 N–H and O–H groups in total. The number of nitrogens with zero attached hydrogens (tertiary/aromatic N) is 2. The van der Waals surface area contributed by atoms with Crippen LogP contribution in [-0.4, -0.2) is 43.1 Å². The molecule has 1 aromatic rings. The Balaban J connectivity index is 2.09. The first-order valence-corrected chi connectivity index (χ1v) is 6.68. The molecule has 18 heavy (non-hydrogen) atoms. The van der Waals surface area contributed by atoms with E-state index in [9.17, 15) is 4.79 Å². The second kappa shape index (κ2) is 5.51. The number of hydrogen-bond donors (Lipinski definition) is 4. The van der Waals surface area contributed by atoms with Crippen LogP contribution < -0.4 is 27.4 Å². The lowest BCUT2D eigenvalue weighted by Gasteiger charge is -2.12. The predicted octanol–water partition coefficient (Wildman–Crippen LogP) is -1.05. The quantitative estimate of drug-likeness (QED) is 0.553. The SMILES string of the molecule is NCCNC(=O)c1sc(N2CCC(N)C2)nc1N. The monoisotopic (exact) mass is 270 g/mol. The van der Waals surface area contributed by atoms with Crippen molar-refractivity contribution in [2.75, 3.05) is 36.8 Å². The molecule has 0 aromatic carbocycles. The third-order valence-corrected chi connectivity index (χ3v) is 3.90. The zero-order valence-electron chi connectivity index (χ0n) is 10.1. The Morgan fingerprint density at radius 1 is 1.61 bits per heavy atom. The van der Waals surface area contributed by atoms with Crippen molar-refractivity contribution >= 4 is 28.2 Å². The number of carbonyl (C=O) groups is 1. The number of nitrogens with two attached hydrogens (primary N) is 3. The first-order valence-electron chi connectivity index (χ1n) is 5.87. The molecule has 1 saturated heterocycles. The van der Waals surface area contributed by atoms with Crippen molar-refractivity contribution < 1.29 is 4.79 Å². The van der Waals surface area contributed by atoms with Crippen molar-refractivity contribution in [3.8, 4) is 0 Å². The van der Waals surface area contributed by atoms with Crippen LogP contribution in [0.4, 0.5) is 10.9 Å². The van der Waals surface area contributed by atoms with Gasteiger partial charge in [0.1, 0.15) is 10.7 Å². The van der Waals surface area contributed by atoms with Crippen molar-refractivity contribution in [2.24, 2.45) is 11.5 Å². The summed E-state index contributed by atoms with van der Waals surface area (Å²) in [6, 6.07) is 0.171. The maximum Gasteiger partial charge on any atom is 0.265 e. The van der Waals surface area contributed by atoms with Crippen LogP contribution in [0.25, 0.3) is 0 Å². The molecule has 1 aliphatic rings. The Kier molecular flexibility index (Phi) is 4.00. The van der Waals surface area contributed by atoms with E-state index >= 15 is 0 Å². The van der Waals surface area contributed by atoms with Crippen molar-refractivity contribution in [3.05, 3.63) is 4.88 Å². The number of carbonyl (C=O) groups excluding carboxylic acids is 1. The highest BCUT2D eigenvalue weighted by molar-refractivity contribution is 7.18. The zero-order valence-corrected chi connectivity index (χ0v) is 10.9. The average molecular weight is 270 g/mol. The molecule has 1 fully saturated rings. The van der Waals surface area contributed by atoms with Crippen molar-refractivity contribution in [1.29, 1.82) is 0 Å². The average Bonchev–Trinajstić information content (AvgIpc) is 2.92. The van der Waals surface area contributed by atoms with E-state index in [0.717, 1.165) is 24.6 Å². The van der Waals surface area contributed by atoms with Gasteiger partial charge in [-0.1, -0.05) is 11.3 Å². The number of aromatic nitrogens is 1. The van der Waals surface area contributed by atoms with Gasteiger partial charge in [-0.05, 0) is 6.42 Å². The molecule has 1 aliphatic heterocycles. The van der Waals surface area contributed by atoms with E-state index in [4.69, 9.17) is 17.2 Å². The molecule has 0 bridgehead atoms. The van der Waals surface area contributed by atoms with Gasteiger partial charge in [0.2, 0.25) is 0 Å². The van der Waals surface area contributed by atoms with Gasteiger partial charge >= 0.3 is 0 Å². The molecule has 2 rings (SSSR count). The fraction of sp³-hybridized carbons (Fsp3) is 0.600. The molecule has 2 heterocycles. The first-order chi connectivity index (χ1) is 8.61. The lowest BCUT2D eigenvalue weighted by atomic mass is 10.3. The second-order valence-corrected chi connectivity index (χ2v) is 5.23. The second-order valence-electron chi connectivity index (χ2n) is 4.25. The minimum Gasteiger partial charge on any atom is -0.382 e. The summed E-state index contributed by atoms with van der Waals surface area (Å²) >= 11 is 1.30. The number of anilines is 2. The van der Waals surface area contributed by atoms with E-state index in [1.165, 1.54) is 11.3 Å². The summed E-state index contributed by atoms with van der Waals surface area (Å²) in [4.78, 5) is 18.5. The highest BCUT2D eigenvalue weighted by atomic mass is 32.1. The largest absolute Gasteiger partial charge is 0.382 e. The first kappa shape index (κ1) is 13.1. The predicted molar refractivity (Wildman–Crippen MR) is 72.7 cm³/mol. The highest BCUT2D eigenvalue weighted by Crippen LogP contribution is 2.29. The van der Waals surface area contributed by atoms with Gasteiger partial charge in [0, 0.05) is 32.2 Å². The molecule has 1 amide bonds. The summed E-state index contributed by atoms with van der Waals surface area (Å²) in [7, 11) is 0. The third-order valence-electron chi connectivity index (χ3n) is 2.77. The molecule has 1 aromatic heterocycles. The summed E-state index contributed by atoms with van der Waals surface area (Å²) in [5, 5.41) is 3.45. The maximum atomic E-state index is 11.8. The van der Waals surface area contributed by atoms with Gasteiger partial charge in [0.05, 0.1) is 0 Å². The Hall–Kier alpha value is -1.38. The smallest absolute Gasteiger partial charge is 0.265 e. The van der Waals surface area contributed by atoms with Crippen LogP contribution in [0.1, 0.15) is 16.1 Å². The lowest BCUT2D eigenvalue weighted by Crippen LogP contribution is -2.28. The van der Waals surface area contributed by atoms with E-state index in [1.807, 2.05) is 0 Å². The normalized spacial score (nSPS) is 19.2. The van der Waals surface area contributed by atoms with Gasteiger partial charge in [-0.3, -0.25) is 4.79 Å². The molecule has 1 atom stereocenters. The van der Waals surface area contributed by atoms with Crippen LogP contribution in [-0.2, 0) is 0 Å². The standard InChI is InChI=1S/C10H18N6OS/c11-2-3-14-9(17)7-8(13)15-10(18-7)16-4-1-6(12)5-16/h6H,1-5,11-13H2,(H,14,17). The fourth-order valence-electron chi connectivity index (χ4n) is 1.85. The maximum absolute atomic E-state index is 11.8. The van der Waals surface area contributed by atoms with E-state index in [-0.39, 0.29) is 17.8 Å². The molecule has 8 heteroatoms. The van der Waals surface area contributed by atoms with Crippen molar-refractivity contribution in [3.63, 3.8) is 0 Å². The molecule has 100 valence electrons. The highest BCUT2D eigenvalue weighted by Gasteiger charge is 2.24. The molecule has 7 nitrogen and oxygen atoms in total. The van der Waals surface area contributed by atoms with E-state index < -0.39 is 0 Å². The van der Waals surface area contributed by atoms with Crippen LogP contribution >= 0.6 is 11.3 Å². The molecule has 0 radical (unpaired) electrons. The van der Waals surface area contributed by atoms with Crippen LogP contribution in [0, 0.1) is 0 Å². The number of hydrogen-bond acceptors (Lipinski definition) is 7. The minimum absolute atomic E-state index is 0.171. The van der Waals surface area contributed by atoms with Gasteiger partial charge < -0.3 is 27.4 Å². The van der Waals surface area contributed by atoms with E-state index in [1.54, 1.807) is 0 Å². The van der Waals surface area contributed by atoms with E-state index in [2.05, 4.69) is 15.2 Å². The van der Waals surface area contributed by atoms with Gasteiger partial charge in [-0.25, -0.2) is 4.98 Å². The Morgan fingerprint density at radius 2 is 2.39 bits per heavy atom. The molecule has 0 saturated carbocycles. The molecular weight excluding hydrogens is 252 g/mol. The summed E-state index contributed by atoms with van der Waals surface area (Å²) < 4.78 is 0. The van der Waals surface area contributed by atoms with E-state index in [0.29, 0.717) is 18.0 Å². The summed E-state index contributed by atoms with van der Waals surface area (Å²) in [5.74, 6) is 0.0511. The van der Waals surface area contributed by atoms with Crippen molar-refractivity contribution in [2.45, 2.75) is 12.5 Å². The summed E-state index contributed by atoms with van der Waals surface area (Å²) in [6.07, 6.45) is 0.939. The number of nitrogen functional groups attached to an aromatic ring is 1. The topological polar surface area (TPSA) is 123 Å². The van der Waals surface area contributed by atoms with Crippen LogP contribution in [0.5, 0.6) is 0 Å². The Labute approximate surface area is 109 Å².